The first-order valence-corrected chi connectivity index (χ1v) is 7.73. The number of benzene rings is 1. The van der Waals surface area contributed by atoms with E-state index in [-0.39, 0.29) is 6.10 Å². The van der Waals surface area contributed by atoms with Crippen molar-refractivity contribution in [3.63, 3.8) is 0 Å². The predicted molar refractivity (Wildman–Crippen MR) is 81.9 cm³/mol. The summed E-state index contributed by atoms with van der Waals surface area (Å²) >= 11 is 1.78. The molecule has 0 spiro atoms. The molecule has 0 aliphatic carbocycles. The quantitative estimate of drug-likeness (QED) is 0.844. The number of rotatable bonds is 7. The summed E-state index contributed by atoms with van der Waals surface area (Å²) in [5.41, 5.74) is 1.10. The number of nitrogens with zero attached hydrogens (tertiary/aromatic N) is 1. The molecule has 19 heavy (non-hydrogen) atoms. The Morgan fingerprint density at radius 2 is 2.11 bits per heavy atom. The van der Waals surface area contributed by atoms with Gasteiger partial charge in [0.15, 0.2) is 0 Å². The first kappa shape index (κ1) is 14.4. The van der Waals surface area contributed by atoms with Crippen LogP contribution < -0.4 is 5.32 Å². The van der Waals surface area contributed by atoms with Gasteiger partial charge in [-0.15, -0.1) is 11.3 Å². The highest BCUT2D eigenvalue weighted by Crippen LogP contribution is 2.23. The molecule has 2 rings (SSSR count). The van der Waals surface area contributed by atoms with E-state index in [2.05, 4.69) is 30.4 Å². The zero-order valence-electron chi connectivity index (χ0n) is 11.8. The molecule has 2 unspecified atom stereocenters. The van der Waals surface area contributed by atoms with Crippen molar-refractivity contribution in [2.24, 2.45) is 0 Å². The minimum atomic E-state index is 0.252. The Bertz CT molecular complexity index is 479. The van der Waals surface area contributed by atoms with Crippen molar-refractivity contribution in [3.05, 3.63) is 29.3 Å². The van der Waals surface area contributed by atoms with Gasteiger partial charge in [0.25, 0.3) is 0 Å². The first-order valence-electron chi connectivity index (χ1n) is 6.91. The highest BCUT2D eigenvalue weighted by molar-refractivity contribution is 7.18. The number of thiazole rings is 1. The van der Waals surface area contributed by atoms with Crippen molar-refractivity contribution in [1.29, 1.82) is 0 Å². The highest BCUT2D eigenvalue weighted by atomic mass is 32.1. The predicted octanol–water partition coefficient (Wildman–Crippen LogP) is 3.24. The standard InChI is InChI=1S/C15H22N2OS/c1-4-13(18-5-2)12(16-3)10-15-17-11-8-6-7-9-14(11)19-15/h6-9,12-13,16H,4-5,10H2,1-3H3. The van der Waals surface area contributed by atoms with Crippen molar-refractivity contribution in [2.75, 3.05) is 13.7 Å². The van der Waals surface area contributed by atoms with Crippen LogP contribution in [0.15, 0.2) is 24.3 Å². The van der Waals surface area contributed by atoms with Crippen molar-refractivity contribution in [2.45, 2.75) is 38.8 Å². The van der Waals surface area contributed by atoms with Crippen LogP contribution in [-0.4, -0.2) is 30.8 Å². The minimum Gasteiger partial charge on any atom is -0.377 e. The van der Waals surface area contributed by atoms with Crippen LogP contribution in [0.5, 0.6) is 0 Å². The van der Waals surface area contributed by atoms with Gasteiger partial charge in [-0.25, -0.2) is 4.98 Å². The van der Waals surface area contributed by atoms with Gasteiger partial charge in [-0.05, 0) is 32.5 Å². The Hall–Kier alpha value is -0.970. The summed E-state index contributed by atoms with van der Waals surface area (Å²) in [6.07, 6.45) is 2.19. The monoisotopic (exact) mass is 278 g/mol. The number of hydrogen-bond acceptors (Lipinski definition) is 4. The van der Waals surface area contributed by atoms with Crippen LogP contribution in [-0.2, 0) is 11.2 Å². The fourth-order valence-corrected chi connectivity index (χ4v) is 3.37. The molecule has 1 N–H and O–H groups in total. The van der Waals surface area contributed by atoms with Crippen LogP contribution in [0.1, 0.15) is 25.3 Å². The topological polar surface area (TPSA) is 34.1 Å². The summed E-state index contributed by atoms with van der Waals surface area (Å²) in [7, 11) is 2.00. The molecule has 2 aromatic rings. The van der Waals surface area contributed by atoms with Crippen molar-refractivity contribution < 1.29 is 4.74 Å². The average molecular weight is 278 g/mol. The maximum Gasteiger partial charge on any atom is 0.0955 e. The third kappa shape index (κ3) is 3.53. The highest BCUT2D eigenvalue weighted by Gasteiger charge is 2.20. The number of hydrogen-bond donors (Lipinski definition) is 1. The second-order valence-electron chi connectivity index (χ2n) is 4.58. The molecule has 0 amide bonds. The van der Waals surface area contributed by atoms with E-state index in [1.807, 2.05) is 20.0 Å². The Kier molecular flexibility index (Phi) is 5.31. The van der Waals surface area contributed by atoms with Gasteiger partial charge in [0.1, 0.15) is 0 Å². The van der Waals surface area contributed by atoms with Crippen LogP contribution >= 0.6 is 11.3 Å². The van der Waals surface area contributed by atoms with Gasteiger partial charge in [-0.2, -0.15) is 0 Å². The SMILES string of the molecule is CCOC(CC)C(Cc1nc2ccccc2s1)NC. The number of para-hydroxylation sites is 1. The Labute approximate surface area is 119 Å². The second-order valence-corrected chi connectivity index (χ2v) is 5.69. The summed E-state index contributed by atoms with van der Waals surface area (Å²) < 4.78 is 7.07. The average Bonchev–Trinajstić information content (AvgIpc) is 2.85. The third-order valence-corrected chi connectivity index (χ3v) is 4.39. The van der Waals surface area contributed by atoms with E-state index < -0.39 is 0 Å². The van der Waals surface area contributed by atoms with Gasteiger partial charge in [-0.3, -0.25) is 0 Å². The zero-order chi connectivity index (χ0) is 13.7. The fraction of sp³-hybridized carbons (Fsp3) is 0.533. The summed E-state index contributed by atoms with van der Waals surface area (Å²) in [5.74, 6) is 0. The van der Waals surface area contributed by atoms with Gasteiger partial charge >= 0.3 is 0 Å². The molecule has 1 aromatic carbocycles. The Morgan fingerprint density at radius 1 is 1.32 bits per heavy atom. The fourth-order valence-electron chi connectivity index (χ4n) is 2.35. The molecule has 0 bridgehead atoms. The van der Waals surface area contributed by atoms with Crippen LogP contribution in [0.25, 0.3) is 10.2 Å². The van der Waals surface area contributed by atoms with Crippen LogP contribution in [0.2, 0.25) is 0 Å². The molecule has 104 valence electrons. The zero-order valence-corrected chi connectivity index (χ0v) is 12.7. The van der Waals surface area contributed by atoms with Gasteiger partial charge in [0, 0.05) is 19.1 Å². The molecular weight excluding hydrogens is 256 g/mol. The molecule has 2 atom stereocenters. The van der Waals surface area contributed by atoms with Crippen molar-refractivity contribution in [1.82, 2.24) is 10.3 Å². The molecular formula is C15H22N2OS. The molecule has 0 radical (unpaired) electrons. The Morgan fingerprint density at radius 3 is 2.74 bits per heavy atom. The van der Waals surface area contributed by atoms with Crippen LogP contribution in [0.3, 0.4) is 0 Å². The summed E-state index contributed by atoms with van der Waals surface area (Å²) in [5, 5.41) is 4.55. The van der Waals surface area contributed by atoms with Gasteiger partial charge in [0.2, 0.25) is 0 Å². The van der Waals surface area contributed by atoms with Crippen LogP contribution in [0, 0.1) is 0 Å². The molecule has 3 nitrogen and oxygen atoms in total. The lowest BCUT2D eigenvalue weighted by atomic mass is 10.1. The van der Waals surface area contributed by atoms with E-state index in [9.17, 15) is 0 Å². The first-order chi connectivity index (χ1) is 9.28. The number of aromatic nitrogens is 1. The number of fused-ring (bicyclic) bond motifs is 1. The normalized spacial score (nSPS) is 14.7. The second kappa shape index (κ2) is 6.98. The maximum atomic E-state index is 5.80. The summed E-state index contributed by atoms with van der Waals surface area (Å²) in [6, 6.07) is 8.63. The third-order valence-electron chi connectivity index (χ3n) is 3.34. The van der Waals surface area contributed by atoms with Crippen molar-refractivity contribution >= 4 is 21.6 Å². The largest absolute Gasteiger partial charge is 0.377 e. The van der Waals surface area contributed by atoms with E-state index in [1.165, 1.54) is 9.71 Å². The summed E-state index contributed by atoms with van der Waals surface area (Å²) in [6.45, 7) is 4.98. The van der Waals surface area contributed by atoms with Gasteiger partial charge in [-0.1, -0.05) is 19.1 Å². The van der Waals surface area contributed by atoms with E-state index in [4.69, 9.17) is 9.72 Å². The number of ether oxygens (including phenoxy) is 1. The minimum absolute atomic E-state index is 0.252. The number of nitrogens with one attached hydrogen (secondary N) is 1. The maximum absolute atomic E-state index is 5.80. The molecule has 0 fully saturated rings. The van der Waals surface area contributed by atoms with Gasteiger partial charge in [0.05, 0.1) is 21.3 Å². The molecule has 0 saturated heterocycles. The van der Waals surface area contributed by atoms with Crippen molar-refractivity contribution in [3.8, 4) is 0 Å². The van der Waals surface area contributed by atoms with Gasteiger partial charge < -0.3 is 10.1 Å². The smallest absolute Gasteiger partial charge is 0.0955 e. The Balaban J connectivity index is 2.12. The molecule has 1 heterocycles. The lowest BCUT2D eigenvalue weighted by molar-refractivity contribution is 0.0339. The lowest BCUT2D eigenvalue weighted by Gasteiger charge is -2.25. The van der Waals surface area contributed by atoms with E-state index in [1.54, 1.807) is 11.3 Å². The molecule has 0 saturated carbocycles. The number of likely N-dealkylation sites (N-methyl/N-ethyl adjacent to an activating group) is 1. The molecule has 4 heteroatoms. The van der Waals surface area contributed by atoms with E-state index in [0.29, 0.717) is 6.04 Å². The van der Waals surface area contributed by atoms with E-state index >= 15 is 0 Å². The van der Waals surface area contributed by atoms with Crippen LogP contribution in [0.4, 0.5) is 0 Å². The summed E-state index contributed by atoms with van der Waals surface area (Å²) in [4.78, 5) is 4.70. The molecule has 0 aliphatic rings. The lowest BCUT2D eigenvalue weighted by Crippen LogP contribution is -2.40. The molecule has 0 aliphatic heterocycles. The molecule has 1 aromatic heterocycles. The van der Waals surface area contributed by atoms with E-state index in [0.717, 1.165) is 25.0 Å².